The fourth-order valence-corrected chi connectivity index (χ4v) is 2.90. The topological polar surface area (TPSA) is 107 Å². The number of hydrogen-bond donors (Lipinski definition) is 1. The van der Waals surface area contributed by atoms with Crippen molar-refractivity contribution in [1.82, 2.24) is 9.88 Å². The molecule has 1 N–H and O–H groups in total. The van der Waals surface area contributed by atoms with Crippen LogP contribution in [0, 0.1) is 17.0 Å². The lowest BCUT2D eigenvalue weighted by atomic mass is 10.0. The predicted molar refractivity (Wildman–Crippen MR) is 94.9 cm³/mol. The molecule has 0 aliphatic heterocycles. The largest absolute Gasteiger partial charge is 0.420 e. The van der Waals surface area contributed by atoms with Crippen LogP contribution in [0.3, 0.4) is 0 Å². The van der Waals surface area contributed by atoms with Gasteiger partial charge >= 0.3 is 5.76 Å². The summed E-state index contributed by atoms with van der Waals surface area (Å²) in [4.78, 5) is 34.6. The summed E-state index contributed by atoms with van der Waals surface area (Å²) in [5.74, 6) is -1.09. The number of nitrogens with zero attached hydrogens (tertiary/aromatic N) is 2. The number of carbonyl (C=O) groups excluding carboxylic acids is 1. The highest BCUT2D eigenvalue weighted by Crippen LogP contribution is 2.20. The van der Waals surface area contributed by atoms with Crippen molar-refractivity contribution in [1.29, 1.82) is 0 Å². The number of non-ortho nitro benzene ring substituents is 1. The van der Waals surface area contributed by atoms with Crippen molar-refractivity contribution in [3.63, 3.8) is 0 Å². The van der Waals surface area contributed by atoms with E-state index >= 15 is 0 Å². The van der Waals surface area contributed by atoms with Gasteiger partial charge in [-0.1, -0.05) is 24.3 Å². The lowest BCUT2D eigenvalue weighted by Crippen LogP contribution is -2.32. The monoisotopic (exact) mass is 355 g/mol. The molecule has 134 valence electrons. The van der Waals surface area contributed by atoms with E-state index in [4.69, 9.17) is 4.42 Å². The second-order valence-electron chi connectivity index (χ2n) is 6.01. The summed E-state index contributed by atoms with van der Waals surface area (Å²) < 4.78 is 6.17. The molecule has 0 fully saturated rings. The van der Waals surface area contributed by atoms with Gasteiger partial charge in [-0.25, -0.2) is 4.79 Å². The number of benzene rings is 2. The molecule has 2 aromatic carbocycles. The van der Waals surface area contributed by atoms with Crippen molar-refractivity contribution >= 4 is 22.7 Å². The summed E-state index contributed by atoms with van der Waals surface area (Å²) in [5, 5.41) is 13.7. The maximum absolute atomic E-state index is 12.4. The SMILES string of the molecule is Cc1ccccc1C(C)NC(=O)Cn1c(=O)oc2cc([N+](=O)[O-])ccc21. The van der Waals surface area contributed by atoms with Crippen LogP contribution in [0.15, 0.2) is 51.7 Å². The number of carbonyl (C=O) groups is 1. The standard InChI is InChI=1S/C18H17N3O5/c1-11-5-3-4-6-14(11)12(2)19-17(22)10-20-15-8-7-13(21(24)25)9-16(15)26-18(20)23/h3-9,12H,10H2,1-2H3,(H,19,22). The molecule has 26 heavy (non-hydrogen) atoms. The number of rotatable bonds is 5. The molecule has 3 rings (SSSR count). The predicted octanol–water partition coefficient (Wildman–Crippen LogP) is 2.69. The summed E-state index contributed by atoms with van der Waals surface area (Å²) in [6.45, 7) is 3.58. The maximum atomic E-state index is 12.4. The van der Waals surface area contributed by atoms with Gasteiger partial charge in [0.1, 0.15) is 6.54 Å². The minimum Gasteiger partial charge on any atom is -0.407 e. The number of hydrogen-bond acceptors (Lipinski definition) is 5. The smallest absolute Gasteiger partial charge is 0.407 e. The first-order valence-electron chi connectivity index (χ1n) is 7.99. The number of fused-ring (bicyclic) bond motifs is 1. The van der Waals surface area contributed by atoms with E-state index in [1.807, 2.05) is 38.1 Å². The third kappa shape index (κ3) is 3.34. The van der Waals surface area contributed by atoms with Crippen LogP contribution >= 0.6 is 0 Å². The van der Waals surface area contributed by atoms with E-state index in [0.717, 1.165) is 15.7 Å². The van der Waals surface area contributed by atoms with Gasteiger partial charge in [0.15, 0.2) is 5.58 Å². The van der Waals surface area contributed by atoms with Crippen LogP contribution in [0.1, 0.15) is 24.1 Å². The molecular weight excluding hydrogens is 338 g/mol. The summed E-state index contributed by atoms with van der Waals surface area (Å²) in [6, 6.07) is 11.3. The van der Waals surface area contributed by atoms with Crippen molar-refractivity contribution in [3.8, 4) is 0 Å². The maximum Gasteiger partial charge on any atom is 0.420 e. The van der Waals surface area contributed by atoms with Gasteiger partial charge in [0.2, 0.25) is 5.91 Å². The lowest BCUT2D eigenvalue weighted by Gasteiger charge is -2.16. The Morgan fingerprint density at radius 2 is 2.04 bits per heavy atom. The highest BCUT2D eigenvalue weighted by molar-refractivity contribution is 5.80. The van der Waals surface area contributed by atoms with Crippen molar-refractivity contribution < 1.29 is 14.1 Å². The molecule has 3 aromatic rings. The molecule has 1 heterocycles. The number of aryl methyl sites for hydroxylation is 1. The Kier molecular flexibility index (Phi) is 4.57. The Morgan fingerprint density at radius 3 is 2.73 bits per heavy atom. The number of oxazole rings is 1. The summed E-state index contributed by atoms with van der Waals surface area (Å²) >= 11 is 0. The molecule has 0 saturated heterocycles. The van der Waals surface area contributed by atoms with E-state index < -0.39 is 10.7 Å². The molecule has 1 aromatic heterocycles. The minimum absolute atomic E-state index is 0.0731. The average molecular weight is 355 g/mol. The normalized spacial score (nSPS) is 12.1. The van der Waals surface area contributed by atoms with E-state index in [-0.39, 0.29) is 29.8 Å². The molecule has 0 bridgehead atoms. The molecule has 0 saturated carbocycles. The van der Waals surface area contributed by atoms with Gasteiger partial charge in [-0.15, -0.1) is 0 Å². The number of nitrogens with one attached hydrogen (secondary N) is 1. The van der Waals surface area contributed by atoms with Crippen LogP contribution in [0.25, 0.3) is 11.1 Å². The molecule has 0 aliphatic carbocycles. The first-order chi connectivity index (χ1) is 12.4. The average Bonchev–Trinajstić information content (AvgIpc) is 2.89. The van der Waals surface area contributed by atoms with Gasteiger partial charge in [0.25, 0.3) is 5.69 Å². The Bertz CT molecular complexity index is 1050. The quantitative estimate of drug-likeness (QED) is 0.559. The fraction of sp³-hybridized carbons (Fsp3) is 0.222. The van der Waals surface area contributed by atoms with Crippen molar-refractivity contribution in [2.45, 2.75) is 26.4 Å². The Labute approximate surface area is 148 Å². The molecule has 1 atom stereocenters. The zero-order valence-electron chi connectivity index (χ0n) is 14.3. The van der Waals surface area contributed by atoms with Crippen molar-refractivity contribution in [2.24, 2.45) is 0 Å². The van der Waals surface area contributed by atoms with Crippen LogP contribution in [0.5, 0.6) is 0 Å². The third-order valence-corrected chi connectivity index (χ3v) is 4.20. The second-order valence-corrected chi connectivity index (χ2v) is 6.01. The van der Waals surface area contributed by atoms with Crippen LogP contribution in [0.2, 0.25) is 0 Å². The molecule has 0 spiro atoms. The molecule has 8 nitrogen and oxygen atoms in total. The van der Waals surface area contributed by atoms with Gasteiger partial charge in [0, 0.05) is 6.07 Å². The molecule has 0 aliphatic rings. The summed E-state index contributed by atoms with van der Waals surface area (Å²) in [6.07, 6.45) is 0. The van der Waals surface area contributed by atoms with Crippen LogP contribution < -0.4 is 11.1 Å². The van der Waals surface area contributed by atoms with Crippen LogP contribution in [-0.4, -0.2) is 15.4 Å². The summed E-state index contributed by atoms with van der Waals surface area (Å²) in [7, 11) is 0. The van der Waals surface area contributed by atoms with Gasteiger partial charge in [-0.3, -0.25) is 19.5 Å². The molecule has 0 radical (unpaired) electrons. The zero-order chi connectivity index (χ0) is 18.8. The van der Waals surface area contributed by atoms with Crippen LogP contribution in [0.4, 0.5) is 5.69 Å². The Hall–Kier alpha value is -3.42. The van der Waals surface area contributed by atoms with E-state index in [1.54, 1.807) is 0 Å². The van der Waals surface area contributed by atoms with Crippen molar-refractivity contribution in [3.05, 3.63) is 74.3 Å². The molecular formula is C18H17N3O5. The van der Waals surface area contributed by atoms with Gasteiger partial charge in [-0.2, -0.15) is 0 Å². The zero-order valence-corrected chi connectivity index (χ0v) is 14.3. The lowest BCUT2D eigenvalue weighted by molar-refractivity contribution is -0.384. The minimum atomic E-state index is -0.737. The molecule has 8 heteroatoms. The highest BCUT2D eigenvalue weighted by atomic mass is 16.6. The van der Waals surface area contributed by atoms with Crippen LogP contribution in [-0.2, 0) is 11.3 Å². The Morgan fingerprint density at radius 1 is 1.31 bits per heavy atom. The fourth-order valence-electron chi connectivity index (χ4n) is 2.90. The van der Waals surface area contributed by atoms with E-state index in [0.29, 0.717) is 5.52 Å². The number of nitro benzene ring substituents is 1. The van der Waals surface area contributed by atoms with E-state index in [1.165, 1.54) is 18.2 Å². The van der Waals surface area contributed by atoms with Gasteiger partial charge in [0.05, 0.1) is 22.5 Å². The first kappa shape index (κ1) is 17.4. The highest BCUT2D eigenvalue weighted by Gasteiger charge is 2.17. The Balaban J connectivity index is 1.81. The molecule has 1 unspecified atom stereocenters. The van der Waals surface area contributed by atoms with Gasteiger partial charge in [-0.05, 0) is 31.0 Å². The third-order valence-electron chi connectivity index (χ3n) is 4.20. The summed E-state index contributed by atoms with van der Waals surface area (Å²) in [5.41, 5.74) is 2.26. The molecule has 1 amide bonds. The van der Waals surface area contributed by atoms with E-state index in [9.17, 15) is 19.7 Å². The van der Waals surface area contributed by atoms with Crippen molar-refractivity contribution in [2.75, 3.05) is 0 Å². The number of aromatic nitrogens is 1. The second kappa shape index (κ2) is 6.83. The number of nitro groups is 1. The van der Waals surface area contributed by atoms with E-state index in [2.05, 4.69) is 5.32 Å². The van der Waals surface area contributed by atoms with Gasteiger partial charge < -0.3 is 9.73 Å². The first-order valence-corrected chi connectivity index (χ1v) is 7.99. The number of amides is 1.